The van der Waals surface area contributed by atoms with Gasteiger partial charge in [-0.2, -0.15) is 0 Å². The van der Waals surface area contributed by atoms with Gasteiger partial charge in [-0.25, -0.2) is 0 Å². The summed E-state index contributed by atoms with van der Waals surface area (Å²) in [6, 6.07) is 5.71. The van der Waals surface area contributed by atoms with E-state index in [4.69, 9.17) is 0 Å². The number of benzene rings is 1. The molecule has 3 heteroatoms. The van der Waals surface area contributed by atoms with Gasteiger partial charge in [0.2, 0.25) is 0 Å². The van der Waals surface area contributed by atoms with Gasteiger partial charge in [-0.1, -0.05) is 0 Å². The zero-order valence-electron chi connectivity index (χ0n) is 6.24. The Hall–Kier alpha value is -0.230. The monoisotopic (exact) mass is 265 g/mol. The number of rotatable bonds is 0. The van der Waals surface area contributed by atoms with Crippen LogP contribution in [0.5, 0.6) is 5.75 Å². The van der Waals surface area contributed by atoms with E-state index in [1.807, 2.05) is 6.07 Å². The van der Waals surface area contributed by atoms with Crippen molar-refractivity contribution in [2.24, 2.45) is 0 Å². The summed E-state index contributed by atoms with van der Waals surface area (Å²) in [6.45, 7) is 1.02. The van der Waals surface area contributed by atoms with Crippen LogP contribution in [0.4, 0.5) is 0 Å². The van der Waals surface area contributed by atoms with Gasteiger partial charge in [-0.05, 0) is 0 Å². The van der Waals surface area contributed by atoms with E-state index in [2.05, 4.69) is 16.3 Å². The summed E-state index contributed by atoms with van der Waals surface area (Å²) >= 11 is -0.102. The van der Waals surface area contributed by atoms with E-state index >= 15 is 0 Å². The molecule has 1 heterocycles. The Morgan fingerprint density at radius 2 is 2.36 bits per heavy atom. The summed E-state index contributed by atoms with van der Waals surface area (Å²) < 4.78 is 3.82. The molecule has 0 spiro atoms. The van der Waals surface area contributed by atoms with E-state index in [0.717, 1.165) is 6.54 Å². The Kier molecular flexibility index (Phi) is 1.80. The van der Waals surface area contributed by atoms with Crippen LogP contribution >= 0.6 is 0 Å². The molecule has 1 aliphatic heterocycles. The number of fused-ring (bicyclic) bond motifs is 1. The molecule has 1 aliphatic rings. The first-order chi connectivity index (χ1) is 5.25. The maximum atomic E-state index is 9.18. The Bertz CT molecular complexity index is 287. The van der Waals surface area contributed by atoms with E-state index in [-0.39, 0.29) is 21.2 Å². The van der Waals surface area contributed by atoms with Gasteiger partial charge in [0.25, 0.3) is 0 Å². The quantitative estimate of drug-likeness (QED) is 0.670. The molecule has 0 bridgehead atoms. The molecule has 0 saturated heterocycles. The van der Waals surface area contributed by atoms with Gasteiger partial charge in [0.15, 0.2) is 0 Å². The van der Waals surface area contributed by atoms with Crippen LogP contribution in [0.15, 0.2) is 18.2 Å². The standard InChI is InChI=1S/C8H9NOTe/c1-9-5-6-4-7(10)2-3-8(6)11-9/h2-4,10H,5H2,1H3. The fourth-order valence-corrected chi connectivity index (χ4v) is 3.81. The second kappa shape index (κ2) is 2.67. The van der Waals surface area contributed by atoms with E-state index in [1.165, 1.54) is 9.17 Å². The van der Waals surface area contributed by atoms with Crippen LogP contribution in [0.2, 0.25) is 0 Å². The summed E-state index contributed by atoms with van der Waals surface area (Å²) in [5, 5.41) is 9.18. The number of phenols is 1. The molecular weight excluding hydrogens is 254 g/mol. The molecule has 11 heavy (non-hydrogen) atoms. The Morgan fingerprint density at radius 3 is 3.18 bits per heavy atom. The maximum absolute atomic E-state index is 9.18. The zero-order valence-corrected chi connectivity index (χ0v) is 8.57. The zero-order chi connectivity index (χ0) is 7.84. The van der Waals surface area contributed by atoms with Crippen molar-refractivity contribution in [2.45, 2.75) is 6.54 Å². The molecule has 0 saturated carbocycles. The van der Waals surface area contributed by atoms with E-state index < -0.39 is 0 Å². The molecule has 0 unspecified atom stereocenters. The van der Waals surface area contributed by atoms with Crippen LogP contribution in [-0.2, 0) is 6.54 Å². The number of hydrogen-bond acceptors (Lipinski definition) is 2. The Labute approximate surface area is 76.3 Å². The second-order valence-electron chi connectivity index (χ2n) is 2.67. The molecule has 0 radical (unpaired) electrons. The first-order valence-electron chi connectivity index (χ1n) is 3.47. The normalized spacial score (nSPS) is 16.8. The van der Waals surface area contributed by atoms with Crippen LogP contribution < -0.4 is 3.61 Å². The van der Waals surface area contributed by atoms with E-state index in [0.29, 0.717) is 5.75 Å². The summed E-state index contributed by atoms with van der Waals surface area (Å²) in [6.07, 6.45) is 0. The van der Waals surface area contributed by atoms with Gasteiger partial charge in [-0.3, -0.25) is 0 Å². The van der Waals surface area contributed by atoms with Gasteiger partial charge in [0.05, 0.1) is 0 Å². The van der Waals surface area contributed by atoms with Crippen molar-refractivity contribution in [2.75, 3.05) is 7.05 Å². The van der Waals surface area contributed by atoms with Gasteiger partial charge in [0.1, 0.15) is 0 Å². The molecule has 1 aromatic rings. The molecule has 1 aromatic carbocycles. The van der Waals surface area contributed by atoms with E-state index in [1.54, 1.807) is 6.07 Å². The van der Waals surface area contributed by atoms with Crippen molar-refractivity contribution >= 4 is 24.8 Å². The minimum atomic E-state index is -0.102. The van der Waals surface area contributed by atoms with Gasteiger partial charge in [0, 0.05) is 0 Å². The molecule has 2 rings (SSSR count). The van der Waals surface area contributed by atoms with E-state index in [9.17, 15) is 5.11 Å². The molecule has 0 atom stereocenters. The van der Waals surface area contributed by atoms with Crippen LogP contribution in [0.3, 0.4) is 0 Å². The topological polar surface area (TPSA) is 23.5 Å². The molecule has 0 aliphatic carbocycles. The molecule has 2 nitrogen and oxygen atoms in total. The molecular formula is C8H9NOTe. The number of nitrogens with zero attached hydrogens (tertiary/aromatic N) is 1. The molecule has 0 fully saturated rings. The van der Waals surface area contributed by atoms with Gasteiger partial charge < -0.3 is 0 Å². The first kappa shape index (κ1) is 7.42. The average molecular weight is 263 g/mol. The van der Waals surface area contributed by atoms with Crippen molar-refractivity contribution in [3.05, 3.63) is 23.8 Å². The molecule has 0 aromatic heterocycles. The summed E-state index contributed by atoms with van der Waals surface area (Å²) in [4.78, 5) is 0. The van der Waals surface area contributed by atoms with Crippen LogP contribution in [0.1, 0.15) is 5.56 Å². The molecule has 58 valence electrons. The summed E-state index contributed by atoms with van der Waals surface area (Å²) in [5.41, 5.74) is 1.31. The van der Waals surface area contributed by atoms with Crippen molar-refractivity contribution in [1.29, 1.82) is 0 Å². The van der Waals surface area contributed by atoms with Crippen LogP contribution in [-0.4, -0.2) is 36.5 Å². The first-order valence-corrected chi connectivity index (χ1v) is 5.67. The van der Waals surface area contributed by atoms with Crippen LogP contribution in [0.25, 0.3) is 0 Å². The van der Waals surface area contributed by atoms with Crippen molar-refractivity contribution in [3.63, 3.8) is 0 Å². The third-order valence-corrected chi connectivity index (χ3v) is 4.65. The van der Waals surface area contributed by atoms with Crippen LogP contribution in [0, 0.1) is 0 Å². The minimum absolute atomic E-state index is 0.102. The SMILES string of the molecule is CN1Cc2cc(O)ccc2[Te]1. The predicted octanol–water partition coefficient (Wildman–Crippen LogP) is 0.0821. The molecule has 0 amide bonds. The van der Waals surface area contributed by atoms with Gasteiger partial charge in [-0.15, -0.1) is 0 Å². The second-order valence-corrected chi connectivity index (χ2v) is 6.22. The fraction of sp³-hybridized carbons (Fsp3) is 0.250. The summed E-state index contributed by atoms with van der Waals surface area (Å²) in [7, 11) is 2.14. The van der Waals surface area contributed by atoms with Gasteiger partial charge >= 0.3 is 76.2 Å². The Balaban J connectivity index is 2.43. The third kappa shape index (κ3) is 1.37. The van der Waals surface area contributed by atoms with Crippen molar-refractivity contribution < 1.29 is 5.11 Å². The Morgan fingerprint density at radius 1 is 1.55 bits per heavy atom. The van der Waals surface area contributed by atoms with Crippen molar-refractivity contribution in [1.82, 2.24) is 3.15 Å². The molecule has 1 N–H and O–H groups in total. The van der Waals surface area contributed by atoms with Crippen molar-refractivity contribution in [3.8, 4) is 5.75 Å². The predicted molar refractivity (Wildman–Crippen MR) is 45.0 cm³/mol. The number of aromatic hydroxyl groups is 1. The average Bonchev–Trinajstić information content (AvgIpc) is 2.27. The number of phenolic OH excluding ortho intramolecular Hbond substituents is 1. The number of hydrogen-bond donors (Lipinski definition) is 1. The third-order valence-electron chi connectivity index (χ3n) is 1.69. The summed E-state index contributed by atoms with van der Waals surface area (Å²) in [5.74, 6) is 0.395. The fourth-order valence-electron chi connectivity index (χ4n) is 1.22.